The molecule has 2 aliphatic rings. The molecule has 0 spiro atoms. The van der Waals surface area contributed by atoms with Gasteiger partial charge in [0.1, 0.15) is 0 Å². The zero-order valence-corrected chi connectivity index (χ0v) is 16.3. The van der Waals surface area contributed by atoms with Crippen LogP contribution in [0, 0.1) is 5.92 Å². The molecule has 30 heavy (non-hydrogen) atoms. The maximum atomic E-state index is 12.3. The maximum absolute atomic E-state index is 12.3. The number of furan rings is 1. The number of nitrogens with zero attached hydrogens (tertiary/aromatic N) is 1. The van der Waals surface area contributed by atoms with Crippen molar-refractivity contribution in [1.29, 1.82) is 0 Å². The second-order valence-corrected chi connectivity index (χ2v) is 7.12. The van der Waals surface area contributed by atoms with Crippen molar-refractivity contribution < 1.29 is 33.0 Å². The van der Waals surface area contributed by atoms with E-state index in [4.69, 9.17) is 18.6 Å². The number of fused-ring (bicyclic) bond motifs is 1. The Bertz CT molecular complexity index is 917. The van der Waals surface area contributed by atoms with Gasteiger partial charge in [-0.1, -0.05) is 6.07 Å². The summed E-state index contributed by atoms with van der Waals surface area (Å²) in [5.41, 5.74) is 0.854. The van der Waals surface area contributed by atoms with Crippen LogP contribution < -0.4 is 14.8 Å². The van der Waals surface area contributed by atoms with Gasteiger partial charge in [0.05, 0.1) is 12.2 Å². The van der Waals surface area contributed by atoms with Crippen molar-refractivity contribution in [3.63, 3.8) is 0 Å². The van der Waals surface area contributed by atoms with Crippen LogP contribution >= 0.6 is 0 Å². The highest BCUT2D eigenvalue weighted by Crippen LogP contribution is 2.32. The van der Waals surface area contributed by atoms with E-state index in [9.17, 15) is 14.4 Å². The molecule has 2 amide bonds. The number of ether oxygens (including phenoxy) is 3. The van der Waals surface area contributed by atoms with E-state index in [1.54, 1.807) is 29.2 Å². The van der Waals surface area contributed by atoms with Crippen LogP contribution in [0.5, 0.6) is 11.5 Å². The Balaban J connectivity index is 1.17. The van der Waals surface area contributed by atoms with E-state index in [1.807, 2.05) is 6.07 Å². The second-order valence-electron chi connectivity index (χ2n) is 7.12. The summed E-state index contributed by atoms with van der Waals surface area (Å²) in [6.45, 7) is 1.03. The lowest BCUT2D eigenvalue weighted by Crippen LogP contribution is -2.41. The molecule has 3 heterocycles. The fraction of sp³-hybridized carbons (Fsp3) is 0.381. The van der Waals surface area contributed by atoms with Crippen molar-refractivity contribution in [2.24, 2.45) is 5.92 Å². The third-order valence-electron chi connectivity index (χ3n) is 5.12. The molecule has 1 aromatic carbocycles. The van der Waals surface area contributed by atoms with E-state index < -0.39 is 5.97 Å². The van der Waals surface area contributed by atoms with Crippen molar-refractivity contribution in [3.05, 3.63) is 47.9 Å². The summed E-state index contributed by atoms with van der Waals surface area (Å²) in [6.07, 6.45) is 2.43. The normalized spacial score (nSPS) is 15.7. The molecule has 1 N–H and O–H groups in total. The zero-order valence-electron chi connectivity index (χ0n) is 16.3. The molecule has 158 valence electrons. The number of esters is 1. The summed E-state index contributed by atoms with van der Waals surface area (Å²) in [5.74, 6) is 0.294. The predicted octanol–water partition coefficient (Wildman–Crippen LogP) is 1.72. The van der Waals surface area contributed by atoms with Crippen LogP contribution in [-0.4, -0.2) is 49.2 Å². The van der Waals surface area contributed by atoms with Crippen LogP contribution in [0.1, 0.15) is 29.0 Å². The van der Waals surface area contributed by atoms with Crippen molar-refractivity contribution >= 4 is 17.8 Å². The minimum absolute atomic E-state index is 0.185. The number of rotatable bonds is 6. The van der Waals surface area contributed by atoms with Gasteiger partial charge in [-0.15, -0.1) is 0 Å². The Morgan fingerprint density at radius 3 is 2.67 bits per heavy atom. The van der Waals surface area contributed by atoms with Gasteiger partial charge in [0.25, 0.3) is 11.8 Å². The Morgan fingerprint density at radius 2 is 1.90 bits per heavy atom. The number of nitrogens with one attached hydrogen (secondary N) is 1. The lowest BCUT2D eigenvalue weighted by Gasteiger charge is -2.30. The van der Waals surface area contributed by atoms with Gasteiger partial charge in [0.15, 0.2) is 23.9 Å². The van der Waals surface area contributed by atoms with E-state index in [0.717, 1.165) is 5.56 Å². The predicted molar refractivity (Wildman–Crippen MR) is 103 cm³/mol. The number of piperidine rings is 1. The largest absolute Gasteiger partial charge is 0.459 e. The van der Waals surface area contributed by atoms with E-state index >= 15 is 0 Å². The number of likely N-dealkylation sites (tertiary alicyclic amines) is 1. The van der Waals surface area contributed by atoms with Crippen LogP contribution in [0.25, 0.3) is 0 Å². The minimum Gasteiger partial charge on any atom is -0.459 e. The van der Waals surface area contributed by atoms with E-state index in [0.29, 0.717) is 44.0 Å². The lowest BCUT2D eigenvalue weighted by molar-refractivity contribution is -0.153. The fourth-order valence-electron chi connectivity index (χ4n) is 3.43. The van der Waals surface area contributed by atoms with Crippen molar-refractivity contribution in [2.45, 2.75) is 19.4 Å². The van der Waals surface area contributed by atoms with Gasteiger partial charge >= 0.3 is 5.97 Å². The molecule has 2 aliphatic heterocycles. The third kappa shape index (κ3) is 4.56. The number of hydrogen-bond donors (Lipinski definition) is 1. The van der Waals surface area contributed by atoms with Gasteiger partial charge in [-0.25, -0.2) is 0 Å². The quantitative estimate of drug-likeness (QED) is 0.717. The van der Waals surface area contributed by atoms with Crippen LogP contribution in [0.15, 0.2) is 41.0 Å². The van der Waals surface area contributed by atoms with E-state index in [1.165, 1.54) is 6.26 Å². The third-order valence-corrected chi connectivity index (χ3v) is 5.12. The van der Waals surface area contributed by atoms with Crippen LogP contribution in [0.4, 0.5) is 0 Å². The smallest absolute Gasteiger partial charge is 0.309 e. The molecule has 0 unspecified atom stereocenters. The molecule has 9 heteroatoms. The monoisotopic (exact) mass is 414 g/mol. The summed E-state index contributed by atoms with van der Waals surface area (Å²) >= 11 is 0. The molecule has 0 aliphatic carbocycles. The summed E-state index contributed by atoms with van der Waals surface area (Å²) in [4.78, 5) is 38.2. The number of benzene rings is 1. The van der Waals surface area contributed by atoms with Gasteiger partial charge in [0.2, 0.25) is 6.79 Å². The van der Waals surface area contributed by atoms with Crippen molar-refractivity contribution in [1.82, 2.24) is 10.2 Å². The highest BCUT2D eigenvalue weighted by atomic mass is 16.7. The standard InChI is InChI=1S/C21H22N2O7/c24-19(22-11-14-3-4-16-18(10-14)30-13-29-16)12-28-21(26)15-5-7-23(8-6-15)20(25)17-2-1-9-27-17/h1-4,9-10,15H,5-8,11-13H2,(H,22,24). The molecule has 9 nitrogen and oxygen atoms in total. The Morgan fingerprint density at radius 1 is 1.10 bits per heavy atom. The molecule has 1 saturated heterocycles. The molecule has 1 aromatic heterocycles. The first-order valence-corrected chi connectivity index (χ1v) is 9.75. The topological polar surface area (TPSA) is 107 Å². The molecule has 1 fully saturated rings. The number of amides is 2. The Hall–Kier alpha value is -3.49. The molecular formula is C21H22N2O7. The molecule has 0 atom stereocenters. The summed E-state index contributed by atoms with van der Waals surface area (Å²) in [6, 6.07) is 8.69. The zero-order chi connectivity index (χ0) is 20.9. The van der Waals surface area contributed by atoms with Gasteiger partial charge in [0, 0.05) is 19.6 Å². The molecule has 0 saturated carbocycles. The number of carbonyl (C=O) groups excluding carboxylic acids is 3. The lowest BCUT2D eigenvalue weighted by atomic mass is 9.97. The van der Waals surface area contributed by atoms with Gasteiger partial charge in [-0.2, -0.15) is 0 Å². The highest BCUT2D eigenvalue weighted by Gasteiger charge is 2.30. The van der Waals surface area contributed by atoms with Crippen LogP contribution in [0.3, 0.4) is 0 Å². The fourth-order valence-corrected chi connectivity index (χ4v) is 3.43. The second kappa shape index (κ2) is 8.89. The SMILES string of the molecule is O=C(COC(=O)C1CCN(C(=O)c2ccco2)CC1)NCc1ccc2c(c1)OCO2. The van der Waals surface area contributed by atoms with Crippen LogP contribution in [0.2, 0.25) is 0 Å². The molecule has 4 rings (SSSR count). The van der Waals surface area contributed by atoms with Crippen molar-refractivity contribution in [2.75, 3.05) is 26.5 Å². The number of carbonyl (C=O) groups is 3. The Kier molecular flexibility index (Phi) is 5.87. The first-order chi connectivity index (χ1) is 14.6. The van der Waals surface area contributed by atoms with Gasteiger partial charge < -0.3 is 28.8 Å². The van der Waals surface area contributed by atoms with E-state index in [-0.39, 0.29) is 36.9 Å². The highest BCUT2D eigenvalue weighted by molar-refractivity contribution is 5.91. The summed E-state index contributed by atoms with van der Waals surface area (Å²) < 4.78 is 20.8. The van der Waals surface area contributed by atoms with E-state index in [2.05, 4.69) is 5.32 Å². The first-order valence-electron chi connectivity index (χ1n) is 9.75. The molecule has 0 radical (unpaired) electrons. The molecule has 0 bridgehead atoms. The average Bonchev–Trinajstić information content (AvgIpc) is 3.47. The van der Waals surface area contributed by atoms with Gasteiger partial charge in [-0.3, -0.25) is 14.4 Å². The molecular weight excluding hydrogens is 392 g/mol. The first kappa shape index (κ1) is 19.8. The Labute approximate surface area is 172 Å². The molecule has 2 aromatic rings. The van der Waals surface area contributed by atoms with Crippen molar-refractivity contribution in [3.8, 4) is 11.5 Å². The number of hydrogen-bond acceptors (Lipinski definition) is 7. The van der Waals surface area contributed by atoms with Gasteiger partial charge in [-0.05, 0) is 42.7 Å². The van der Waals surface area contributed by atoms with Crippen LogP contribution in [-0.2, 0) is 20.9 Å². The summed E-state index contributed by atoms with van der Waals surface area (Å²) in [5, 5.41) is 2.71. The minimum atomic E-state index is -0.418. The average molecular weight is 414 g/mol. The maximum Gasteiger partial charge on any atom is 0.309 e. The summed E-state index contributed by atoms with van der Waals surface area (Å²) in [7, 11) is 0.